The minimum Gasteiger partial charge on any atom is -0.434 e. The number of nitrogens with one attached hydrogen (secondary N) is 1. The second-order valence-electron chi connectivity index (χ2n) is 3.72. The Bertz CT molecular complexity index is 399. The van der Waals surface area contributed by atoms with Gasteiger partial charge in [-0.15, -0.1) is 0 Å². The topological polar surface area (TPSA) is 64.4 Å². The van der Waals surface area contributed by atoms with Gasteiger partial charge in [0.1, 0.15) is 5.75 Å². The lowest BCUT2D eigenvalue weighted by Crippen LogP contribution is -2.39. The van der Waals surface area contributed by atoms with Gasteiger partial charge in [-0.1, -0.05) is 25.1 Å². The monoisotopic (exact) mass is 258 g/mol. The molecule has 0 saturated heterocycles. The van der Waals surface area contributed by atoms with Crippen molar-refractivity contribution in [3.63, 3.8) is 0 Å². The molecule has 0 fully saturated rings. The molecular weight excluding hydrogens is 242 g/mol. The molecule has 1 atom stereocenters. The van der Waals surface area contributed by atoms with E-state index in [2.05, 4.69) is 10.1 Å². The van der Waals surface area contributed by atoms with E-state index in [9.17, 15) is 13.6 Å². The van der Waals surface area contributed by atoms with Gasteiger partial charge in [0, 0.05) is 12.1 Å². The van der Waals surface area contributed by atoms with Crippen molar-refractivity contribution >= 4 is 5.91 Å². The van der Waals surface area contributed by atoms with Crippen molar-refractivity contribution in [1.82, 2.24) is 5.32 Å². The molecule has 1 amide bonds. The average molecular weight is 258 g/mol. The highest BCUT2D eigenvalue weighted by Gasteiger charge is 2.13. The van der Waals surface area contributed by atoms with Crippen molar-refractivity contribution in [2.75, 3.05) is 0 Å². The van der Waals surface area contributed by atoms with Crippen LogP contribution in [-0.4, -0.2) is 18.6 Å². The number of hydrogen-bond donors (Lipinski definition) is 2. The number of amides is 1. The molecule has 4 nitrogen and oxygen atoms in total. The molecule has 1 aromatic rings. The fourth-order valence-electron chi connectivity index (χ4n) is 1.36. The molecule has 0 saturated carbocycles. The number of carbonyl (C=O) groups excluding carboxylic acids is 1. The van der Waals surface area contributed by atoms with Gasteiger partial charge in [-0.2, -0.15) is 8.78 Å². The van der Waals surface area contributed by atoms with Gasteiger partial charge in [0.2, 0.25) is 5.91 Å². The van der Waals surface area contributed by atoms with Crippen LogP contribution in [0, 0.1) is 0 Å². The van der Waals surface area contributed by atoms with E-state index in [0.29, 0.717) is 12.0 Å². The number of alkyl halides is 2. The van der Waals surface area contributed by atoms with Gasteiger partial charge < -0.3 is 15.8 Å². The number of halogens is 2. The number of hydrogen-bond acceptors (Lipinski definition) is 3. The van der Waals surface area contributed by atoms with Crippen molar-refractivity contribution in [3.8, 4) is 5.75 Å². The molecule has 100 valence electrons. The molecule has 0 aliphatic heterocycles. The minimum absolute atomic E-state index is 0.0536. The predicted octanol–water partition coefficient (Wildman–Crippen LogP) is 1.64. The maximum atomic E-state index is 12.2. The summed E-state index contributed by atoms with van der Waals surface area (Å²) in [5, 5.41) is 2.57. The number of nitrogens with two attached hydrogens (primary N) is 1. The average Bonchev–Trinajstić information content (AvgIpc) is 2.35. The van der Waals surface area contributed by atoms with Crippen molar-refractivity contribution in [3.05, 3.63) is 29.8 Å². The third-order valence-electron chi connectivity index (χ3n) is 2.42. The molecule has 18 heavy (non-hydrogen) atoms. The molecule has 0 heterocycles. The van der Waals surface area contributed by atoms with Crippen molar-refractivity contribution in [2.24, 2.45) is 5.73 Å². The molecule has 3 N–H and O–H groups in total. The zero-order valence-corrected chi connectivity index (χ0v) is 10.0. The first-order valence-electron chi connectivity index (χ1n) is 5.60. The van der Waals surface area contributed by atoms with E-state index in [4.69, 9.17) is 5.73 Å². The van der Waals surface area contributed by atoms with E-state index < -0.39 is 12.7 Å². The summed E-state index contributed by atoms with van der Waals surface area (Å²) in [6.07, 6.45) is 0.515. The van der Waals surface area contributed by atoms with Crippen LogP contribution in [0.25, 0.3) is 0 Å². The Morgan fingerprint density at radius 2 is 2.11 bits per heavy atom. The van der Waals surface area contributed by atoms with Crippen molar-refractivity contribution in [1.29, 1.82) is 0 Å². The number of benzene rings is 1. The number of carbonyl (C=O) groups is 1. The summed E-state index contributed by atoms with van der Waals surface area (Å²) in [7, 11) is 0. The van der Waals surface area contributed by atoms with E-state index in [-0.39, 0.29) is 18.2 Å². The number of ether oxygens (including phenoxy) is 1. The highest BCUT2D eigenvalue weighted by molar-refractivity contribution is 5.81. The maximum absolute atomic E-state index is 12.2. The first kappa shape index (κ1) is 14.4. The van der Waals surface area contributed by atoms with Crippen LogP contribution in [0.5, 0.6) is 5.75 Å². The largest absolute Gasteiger partial charge is 0.434 e. The van der Waals surface area contributed by atoms with Gasteiger partial charge >= 0.3 is 6.61 Å². The summed E-state index contributed by atoms with van der Waals surface area (Å²) in [5.41, 5.74) is 6.02. The van der Waals surface area contributed by atoms with Gasteiger partial charge in [0.25, 0.3) is 0 Å². The highest BCUT2D eigenvalue weighted by atomic mass is 19.3. The second-order valence-corrected chi connectivity index (χ2v) is 3.72. The van der Waals surface area contributed by atoms with Gasteiger partial charge in [-0.25, -0.2) is 0 Å². The Hall–Kier alpha value is -1.69. The summed E-state index contributed by atoms with van der Waals surface area (Å²) in [6, 6.07) is 5.71. The molecule has 6 heteroatoms. The van der Waals surface area contributed by atoms with Crippen LogP contribution in [0.4, 0.5) is 8.78 Å². The molecule has 0 aliphatic rings. The fraction of sp³-hybridized carbons (Fsp3) is 0.417. The first-order chi connectivity index (χ1) is 8.54. The van der Waals surface area contributed by atoms with Crippen LogP contribution in [0.3, 0.4) is 0 Å². The number of para-hydroxylation sites is 1. The normalized spacial score (nSPS) is 12.3. The Morgan fingerprint density at radius 1 is 1.44 bits per heavy atom. The van der Waals surface area contributed by atoms with Crippen LogP contribution in [0.2, 0.25) is 0 Å². The molecule has 1 rings (SSSR count). The lowest BCUT2D eigenvalue weighted by Gasteiger charge is -2.13. The zero-order chi connectivity index (χ0) is 13.5. The van der Waals surface area contributed by atoms with Crippen LogP contribution < -0.4 is 15.8 Å². The Kier molecular flexibility index (Phi) is 5.51. The second kappa shape index (κ2) is 6.90. The van der Waals surface area contributed by atoms with E-state index in [0.717, 1.165) is 0 Å². The standard InChI is InChI=1S/C12H16F2N2O2/c1-2-9(15)11(17)16-7-8-5-3-4-6-10(8)18-12(13)14/h3-6,9,12H,2,7,15H2,1H3,(H,16,17)/t9-/m1/s1. The van der Waals surface area contributed by atoms with Crippen LogP contribution in [0.15, 0.2) is 24.3 Å². The fourth-order valence-corrected chi connectivity index (χ4v) is 1.36. The van der Waals surface area contributed by atoms with Crippen molar-refractivity contribution < 1.29 is 18.3 Å². The molecule has 1 aromatic carbocycles. The molecular formula is C12H16F2N2O2. The number of rotatable bonds is 6. The van der Waals surface area contributed by atoms with E-state index in [1.165, 1.54) is 6.07 Å². The Balaban J connectivity index is 2.64. The predicted molar refractivity (Wildman–Crippen MR) is 63.2 cm³/mol. The maximum Gasteiger partial charge on any atom is 0.387 e. The third-order valence-corrected chi connectivity index (χ3v) is 2.42. The van der Waals surface area contributed by atoms with Gasteiger partial charge in [0.15, 0.2) is 0 Å². The molecule has 0 spiro atoms. The van der Waals surface area contributed by atoms with Crippen LogP contribution in [-0.2, 0) is 11.3 Å². The molecule has 0 unspecified atom stereocenters. The Labute approximate surface area is 104 Å². The molecule has 0 bridgehead atoms. The first-order valence-corrected chi connectivity index (χ1v) is 5.60. The van der Waals surface area contributed by atoms with E-state index in [1.54, 1.807) is 25.1 Å². The summed E-state index contributed by atoms with van der Waals surface area (Å²) >= 11 is 0. The summed E-state index contributed by atoms with van der Waals surface area (Å²) in [6.45, 7) is -0.993. The van der Waals surface area contributed by atoms with E-state index in [1.807, 2.05) is 0 Å². The lowest BCUT2D eigenvalue weighted by atomic mass is 10.2. The molecule has 0 aromatic heterocycles. The SMILES string of the molecule is CC[C@@H](N)C(=O)NCc1ccccc1OC(F)F. The Morgan fingerprint density at radius 3 is 2.72 bits per heavy atom. The van der Waals surface area contributed by atoms with Gasteiger partial charge in [-0.3, -0.25) is 4.79 Å². The summed E-state index contributed by atoms with van der Waals surface area (Å²) < 4.78 is 28.7. The van der Waals surface area contributed by atoms with Crippen LogP contribution >= 0.6 is 0 Å². The molecule has 0 aliphatic carbocycles. The third kappa shape index (κ3) is 4.29. The minimum atomic E-state index is -2.89. The summed E-state index contributed by atoms with van der Waals surface area (Å²) in [5.74, 6) is -0.262. The van der Waals surface area contributed by atoms with Crippen LogP contribution in [0.1, 0.15) is 18.9 Å². The highest BCUT2D eigenvalue weighted by Crippen LogP contribution is 2.19. The van der Waals surface area contributed by atoms with Crippen molar-refractivity contribution in [2.45, 2.75) is 32.5 Å². The smallest absolute Gasteiger partial charge is 0.387 e. The zero-order valence-electron chi connectivity index (χ0n) is 10.0. The lowest BCUT2D eigenvalue weighted by molar-refractivity contribution is -0.122. The van der Waals surface area contributed by atoms with Gasteiger partial charge in [-0.05, 0) is 12.5 Å². The quantitative estimate of drug-likeness (QED) is 0.815. The molecule has 0 radical (unpaired) electrons. The van der Waals surface area contributed by atoms with Gasteiger partial charge in [0.05, 0.1) is 6.04 Å². The van der Waals surface area contributed by atoms with E-state index >= 15 is 0 Å². The summed E-state index contributed by atoms with van der Waals surface area (Å²) in [4.78, 5) is 11.5.